The minimum atomic E-state index is -0.838. The van der Waals surface area contributed by atoms with Gasteiger partial charge in [0.1, 0.15) is 0 Å². The average molecular weight is 311 g/mol. The van der Waals surface area contributed by atoms with E-state index in [1.54, 1.807) is 13.1 Å². The van der Waals surface area contributed by atoms with E-state index in [4.69, 9.17) is 0 Å². The Morgan fingerprint density at radius 2 is 2.09 bits per heavy atom. The first-order chi connectivity index (χ1) is 10.4. The van der Waals surface area contributed by atoms with Gasteiger partial charge in [-0.05, 0) is 38.0 Å². The Bertz CT molecular complexity index is 536. The first-order valence-electron chi connectivity index (χ1n) is 7.57. The normalized spacial score (nSPS) is 22.3. The lowest BCUT2D eigenvalue weighted by atomic mass is 10.1. The van der Waals surface area contributed by atoms with Crippen LogP contribution in [0.3, 0.4) is 0 Å². The molecule has 0 aliphatic carbocycles. The molecule has 0 unspecified atom stereocenters. The van der Waals surface area contributed by atoms with Gasteiger partial charge in [-0.25, -0.2) is 8.78 Å². The molecule has 6 heteroatoms. The van der Waals surface area contributed by atoms with Crippen LogP contribution in [0.5, 0.6) is 0 Å². The van der Waals surface area contributed by atoms with E-state index < -0.39 is 11.6 Å². The quantitative estimate of drug-likeness (QED) is 0.869. The average Bonchev–Trinajstić information content (AvgIpc) is 2.92. The van der Waals surface area contributed by atoms with Crippen LogP contribution >= 0.6 is 0 Å². The van der Waals surface area contributed by atoms with Gasteiger partial charge in [0.15, 0.2) is 11.6 Å². The molecule has 1 aromatic rings. The lowest BCUT2D eigenvalue weighted by Crippen LogP contribution is -2.45. The second kappa shape index (κ2) is 7.15. The van der Waals surface area contributed by atoms with Crippen molar-refractivity contribution in [1.29, 1.82) is 0 Å². The van der Waals surface area contributed by atoms with E-state index in [0.717, 1.165) is 12.6 Å². The molecule has 2 atom stereocenters. The number of nitrogens with one attached hydrogen (secondary N) is 2. The van der Waals surface area contributed by atoms with Crippen LogP contribution in [0.15, 0.2) is 18.2 Å². The molecule has 2 N–H and O–H groups in total. The molecule has 1 amide bonds. The van der Waals surface area contributed by atoms with Crippen LogP contribution in [0.25, 0.3) is 0 Å². The van der Waals surface area contributed by atoms with Crippen molar-refractivity contribution in [2.24, 2.45) is 0 Å². The Kier molecular flexibility index (Phi) is 5.47. The Hall–Kier alpha value is -1.53. The van der Waals surface area contributed by atoms with Gasteiger partial charge in [-0.2, -0.15) is 0 Å². The van der Waals surface area contributed by atoms with Gasteiger partial charge in [0, 0.05) is 32.2 Å². The molecular formula is C16H23F2N3O. The largest absolute Gasteiger partial charge is 0.358 e. The summed E-state index contributed by atoms with van der Waals surface area (Å²) < 4.78 is 26.1. The highest BCUT2D eigenvalue weighted by Gasteiger charge is 2.37. The minimum absolute atomic E-state index is 0.0193. The van der Waals surface area contributed by atoms with Gasteiger partial charge in [-0.3, -0.25) is 9.69 Å². The molecule has 1 saturated heterocycles. The Morgan fingerprint density at radius 1 is 1.36 bits per heavy atom. The highest BCUT2D eigenvalue weighted by molar-refractivity contribution is 5.81. The third kappa shape index (κ3) is 3.81. The number of nitrogens with zero attached hydrogens (tertiary/aromatic N) is 1. The molecule has 1 fully saturated rings. The molecule has 1 aliphatic rings. The van der Waals surface area contributed by atoms with Crippen LogP contribution in [-0.2, 0) is 11.3 Å². The number of benzene rings is 1. The summed E-state index contributed by atoms with van der Waals surface area (Å²) in [6.45, 7) is 5.34. The maximum atomic E-state index is 13.2. The third-order valence-corrected chi connectivity index (χ3v) is 4.13. The molecule has 0 radical (unpaired) electrons. The standard InChI is InChI=1S/C16H23F2N3O/c1-10(2)21-9-12(7-15(21)16(22)19-3)20-8-11-4-5-13(17)14(18)6-11/h4-6,10,12,15,20H,7-9H2,1-3H3,(H,19,22)/t12-,15-/m0/s1. The lowest BCUT2D eigenvalue weighted by Gasteiger charge is -2.26. The van der Waals surface area contributed by atoms with E-state index in [0.29, 0.717) is 18.5 Å². The molecule has 0 aromatic heterocycles. The molecule has 1 aliphatic heterocycles. The van der Waals surface area contributed by atoms with Crippen molar-refractivity contribution in [1.82, 2.24) is 15.5 Å². The third-order valence-electron chi connectivity index (χ3n) is 4.13. The SMILES string of the molecule is CNC(=O)[C@@H]1C[C@H](NCc2ccc(F)c(F)c2)CN1C(C)C. The first kappa shape index (κ1) is 16.8. The highest BCUT2D eigenvalue weighted by Crippen LogP contribution is 2.21. The molecule has 1 aromatic carbocycles. The fraction of sp³-hybridized carbons (Fsp3) is 0.562. The number of hydrogen-bond donors (Lipinski definition) is 2. The van der Waals surface area contributed by atoms with Gasteiger partial charge in [-0.15, -0.1) is 0 Å². The molecular weight excluding hydrogens is 288 g/mol. The predicted octanol–water partition coefficient (Wildman–Crippen LogP) is 1.65. The molecule has 4 nitrogen and oxygen atoms in total. The van der Waals surface area contributed by atoms with Crippen LogP contribution in [0.1, 0.15) is 25.8 Å². The predicted molar refractivity (Wildman–Crippen MR) is 81.3 cm³/mol. The Morgan fingerprint density at radius 3 is 2.68 bits per heavy atom. The summed E-state index contributed by atoms with van der Waals surface area (Å²) in [5.41, 5.74) is 0.693. The fourth-order valence-corrected chi connectivity index (χ4v) is 2.92. The van der Waals surface area contributed by atoms with E-state index >= 15 is 0 Å². The van der Waals surface area contributed by atoms with Gasteiger partial charge < -0.3 is 10.6 Å². The second-order valence-corrected chi connectivity index (χ2v) is 5.98. The Labute approximate surface area is 129 Å². The summed E-state index contributed by atoms with van der Waals surface area (Å²) in [5, 5.41) is 6.03. The fourth-order valence-electron chi connectivity index (χ4n) is 2.92. The number of rotatable bonds is 5. The van der Waals surface area contributed by atoms with Crippen molar-refractivity contribution in [3.63, 3.8) is 0 Å². The van der Waals surface area contributed by atoms with Crippen molar-refractivity contribution in [2.75, 3.05) is 13.6 Å². The van der Waals surface area contributed by atoms with E-state index in [2.05, 4.69) is 29.4 Å². The zero-order chi connectivity index (χ0) is 16.3. The van der Waals surface area contributed by atoms with Gasteiger partial charge in [0.25, 0.3) is 0 Å². The van der Waals surface area contributed by atoms with E-state index in [1.807, 2.05) is 0 Å². The lowest BCUT2D eigenvalue weighted by molar-refractivity contribution is -0.125. The zero-order valence-corrected chi connectivity index (χ0v) is 13.2. The number of hydrogen-bond acceptors (Lipinski definition) is 3. The molecule has 0 saturated carbocycles. The topological polar surface area (TPSA) is 44.4 Å². The molecule has 122 valence electrons. The number of amides is 1. The summed E-state index contributed by atoms with van der Waals surface area (Å²) in [6.07, 6.45) is 0.710. The zero-order valence-electron chi connectivity index (χ0n) is 13.2. The summed E-state index contributed by atoms with van der Waals surface area (Å²) >= 11 is 0. The van der Waals surface area contributed by atoms with Crippen molar-refractivity contribution < 1.29 is 13.6 Å². The van der Waals surface area contributed by atoms with Crippen LogP contribution < -0.4 is 10.6 Å². The van der Waals surface area contributed by atoms with Crippen LogP contribution in [0.4, 0.5) is 8.78 Å². The molecule has 0 spiro atoms. The minimum Gasteiger partial charge on any atom is -0.358 e. The van der Waals surface area contributed by atoms with Gasteiger partial charge in [0.05, 0.1) is 6.04 Å². The van der Waals surface area contributed by atoms with Crippen LogP contribution in [0, 0.1) is 11.6 Å². The molecule has 22 heavy (non-hydrogen) atoms. The summed E-state index contributed by atoms with van der Waals surface area (Å²) in [6, 6.07) is 4.18. The maximum absolute atomic E-state index is 13.2. The number of carbonyl (C=O) groups is 1. The van der Waals surface area contributed by atoms with Gasteiger partial charge in [0.2, 0.25) is 5.91 Å². The number of likely N-dealkylation sites (N-methyl/N-ethyl adjacent to an activating group) is 1. The first-order valence-corrected chi connectivity index (χ1v) is 7.57. The number of carbonyl (C=O) groups excluding carboxylic acids is 1. The van der Waals surface area contributed by atoms with Crippen LogP contribution in [0.2, 0.25) is 0 Å². The summed E-state index contributed by atoms with van der Waals surface area (Å²) in [4.78, 5) is 14.1. The summed E-state index contributed by atoms with van der Waals surface area (Å²) in [7, 11) is 1.64. The van der Waals surface area contributed by atoms with Gasteiger partial charge in [-0.1, -0.05) is 6.07 Å². The van der Waals surface area contributed by atoms with Crippen LogP contribution in [-0.4, -0.2) is 42.5 Å². The molecule has 0 bridgehead atoms. The number of likely N-dealkylation sites (tertiary alicyclic amines) is 1. The van der Waals surface area contributed by atoms with E-state index in [-0.39, 0.29) is 24.0 Å². The monoisotopic (exact) mass is 311 g/mol. The smallest absolute Gasteiger partial charge is 0.237 e. The Balaban J connectivity index is 1.96. The highest BCUT2D eigenvalue weighted by atomic mass is 19.2. The van der Waals surface area contributed by atoms with Crippen molar-refractivity contribution in [2.45, 2.75) is 44.9 Å². The second-order valence-electron chi connectivity index (χ2n) is 5.98. The molecule has 2 rings (SSSR count). The van der Waals surface area contributed by atoms with E-state index in [9.17, 15) is 13.6 Å². The summed E-state index contributed by atoms with van der Waals surface area (Å²) in [5.74, 6) is -1.65. The molecule has 1 heterocycles. The van der Waals surface area contributed by atoms with Crippen molar-refractivity contribution >= 4 is 5.91 Å². The number of halogens is 2. The van der Waals surface area contributed by atoms with Crippen molar-refractivity contribution in [3.8, 4) is 0 Å². The van der Waals surface area contributed by atoms with Gasteiger partial charge >= 0.3 is 0 Å². The van der Waals surface area contributed by atoms with Crippen molar-refractivity contribution in [3.05, 3.63) is 35.4 Å². The van der Waals surface area contributed by atoms with E-state index in [1.165, 1.54) is 6.07 Å². The maximum Gasteiger partial charge on any atom is 0.237 e.